The number of nitrogens with zero attached hydrogens (tertiary/aromatic N) is 3. The van der Waals surface area contributed by atoms with Gasteiger partial charge in [-0.25, -0.2) is 0 Å². The highest BCUT2D eigenvalue weighted by Crippen LogP contribution is 2.20. The van der Waals surface area contributed by atoms with Gasteiger partial charge >= 0.3 is 0 Å². The maximum atomic E-state index is 8.89. The Bertz CT molecular complexity index is 357. The second-order valence-corrected chi connectivity index (χ2v) is 3.99. The molecule has 6 nitrogen and oxygen atoms in total. The average molecular weight is 240 g/mol. The molecule has 0 aromatic carbocycles. The van der Waals surface area contributed by atoms with E-state index in [0.717, 1.165) is 5.82 Å². The topological polar surface area (TPSA) is 84.5 Å². The third-order valence-corrected chi connectivity index (χ3v) is 2.39. The lowest BCUT2D eigenvalue weighted by molar-refractivity contribution is 0.288. The maximum absolute atomic E-state index is 8.89. The van der Waals surface area contributed by atoms with Crippen LogP contribution in [0.4, 0.5) is 11.8 Å². The van der Waals surface area contributed by atoms with E-state index in [4.69, 9.17) is 15.6 Å². The summed E-state index contributed by atoms with van der Waals surface area (Å²) in [4.78, 5) is 10.2. The van der Waals surface area contributed by atoms with Crippen LogP contribution in [0, 0.1) is 0 Å². The number of aromatic nitrogens is 2. The summed E-state index contributed by atoms with van der Waals surface area (Å²) < 4.78 is 5.06. The fraction of sp³-hybridized carbons (Fsp3) is 0.636. The summed E-state index contributed by atoms with van der Waals surface area (Å²) in [5.74, 6) is 1.36. The summed E-state index contributed by atoms with van der Waals surface area (Å²) in [6.07, 6.45) is 0.685. The van der Waals surface area contributed by atoms with Crippen LogP contribution >= 0.6 is 0 Å². The summed E-state index contributed by atoms with van der Waals surface area (Å²) in [6, 6.07) is 2.01. The minimum atomic E-state index is 0.154. The Labute approximate surface area is 101 Å². The average Bonchev–Trinajstić information content (AvgIpc) is 2.28. The van der Waals surface area contributed by atoms with E-state index in [-0.39, 0.29) is 18.6 Å². The van der Waals surface area contributed by atoms with E-state index in [1.165, 1.54) is 0 Å². The predicted molar refractivity (Wildman–Crippen MR) is 67.2 cm³/mol. The van der Waals surface area contributed by atoms with E-state index in [9.17, 15) is 0 Å². The molecule has 0 atom stereocenters. The first kappa shape index (κ1) is 13.5. The quantitative estimate of drug-likeness (QED) is 0.760. The molecule has 0 amide bonds. The molecule has 0 bridgehead atoms. The van der Waals surface area contributed by atoms with Gasteiger partial charge in [-0.2, -0.15) is 9.97 Å². The highest BCUT2D eigenvalue weighted by atomic mass is 16.5. The number of ether oxygens (including phenoxy) is 1. The standard InChI is InChI=1S/C11H20N4O2/c1-8(2)15(5-4-6-16)9-7-10(17-3)14-11(12)13-9/h7-8,16H,4-6H2,1-3H3,(H2,12,13,14). The van der Waals surface area contributed by atoms with Crippen molar-refractivity contribution in [1.82, 2.24) is 9.97 Å². The first-order valence-electron chi connectivity index (χ1n) is 5.64. The van der Waals surface area contributed by atoms with Crippen LogP contribution in [0.25, 0.3) is 0 Å². The van der Waals surface area contributed by atoms with Crippen molar-refractivity contribution in [1.29, 1.82) is 0 Å². The second kappa shape index (κ2) is 6.24. The molecule has 96 valence electrons. The summed E-state index contributed by atoms with van der Waals surface area (Å²) in [5, 5.41) is 8.89. The van der Waals surface area contributed by atoms with Crippen LogP contribution in [0.1, 0.15) is 20.3 Å². The highest BCUT2D eigenvalue weighted by molar-refractivity contribution is 5.46. The van der Waals surface area contributed by atoms with Gasteiger partial charge in [-0.05, 0) is 20.3 Å². The van der Waals surface area contributed by atoms with Gasteiger partial charge in [0.1, 0.15) is 5.82 Å². The number of methoxy groups -OCH3 is 1. The molecule has 0 fully saturated rings. The Morgan fingerprint density at radius 1 is 1.47 bits per heavy atom. The fourth-order valence-corrected chi connectivity index (χ4v) is 1.56. The zero-order valence-electron chi connectivity index (χ0n) is 10.6. The molecule has 0 unspecified atom stereocenters. The molecule has 1 aromatic heterocycles. The number of aliphatic hydroxyl groups excluding tert-OH is 1. The Morgan fingerprint density at radius 3 is 2.71 bits per heavy atom. The first-order chi connectivity index (χ1) is 8.08. The van der Waals surface area contributed by atoms with Gasteiger partial charge in [-0.1, -0.05) is 0 Å². The van der Waals surface area contributed by atoms with Crippen LogP contribution in [0.15, 0.2) is 6.07 Å². The Balaban J connectivity index is 2.96. The summed E-state index contributed by atoms with van der Waals surface area (Å²) in [5.41, 5.74) is 5.62. The summed E-state index contributed by atoms with van der Waals surface area (Å²) in [6.45, 7) is 4.99. The van der Waals surface area contributed by atoms with Crippen LogP contribution in [0.3, 0.4) is 0 Å². The van der Waals surface area contributed by atoms with Crippen LogP contribution in [-0.4, -0.2) is 41.4 Å². The van der Waals surface area contributed by atoms with Crippen molar-refractivity contribution in [3.05, 3.63) is 6.07 Å². The van der Waals surface area contributed by atoms with Gasteiger partial charge in [0.05, 0.1) is 7.11 Å². The number of rotatable bonds is 6. The molecule has 17 heavy (non-hydrogen) atoms. The number of aliphatic hydroxyl groups is 1. The molecule has 1 rings (SSSR count). The van der Waals surface area contributed by atoms with Gasteiger partial charge in [0.15, 0.2) is 0 Å². The van der Waals surface area contributed by atoms with E-state index >= 15 is 0 Å². The third kappa shape index (κ3) is 3.74. The molecule has 0 spiro atoms. The SMILES string of the molecule is COc1cc(N(CCCO)C(C)C)nc(N)n1. The molecule has 1 aromatic rings. The smallest absolute Gasteiger partial charge is 0.225 e. The van der Waals surface area contributed by atoms with Gasteiger partial charge in [0.2, 0.25) is 11.8 Å². The van der Waals surface area contributed by atoms with Crippen LogP contribution < -0.4 is 15.4 Å². The maximum Gasteiger partial charge on any atom is 0.225 e. The van der Waals surface area contributed by atoms with Crippen LogP contribution in [0.2, 0.25) is 0 Å². The third-order valence-electron chi connectivity index (χ3n) is 2.39. The van der Waals surface area contributed by atoms with Crippen molar-refractivity contribution in [2.45, 2.75) is 26.3 Å². The normalized spacial score (nSPS) is 10.6. The van der Waals surface area contributed by atoms with E-state index in [2.05, 4.69) is 28.7 Å². The van der Waals surface area contributed by atoms with Gasteiger partial charge in [0.25, 0.3) is 0 Å². The largest absolute Gasteiger partial charge is 0.481 e. The van der Waals surface area contributed by atoms with Crippen molar-refractivity contribution in [3.8, 4) is 5.88 Å². The molecular weight excluding hydrogens is 220 g/mol. The Kier molecular flexibility index (Phi) is 4.96. The summed E-state index contributed by atoms with van der Waals surface area (Å²) >= 11 is 0. The predicted octanol–water partition coefficient (Wildman–Crippen LogP) is 0.665. The van der Waals surface area contributed by atoms with E-state index in [0.29, 0.717) is 18.8 Å². The molecule has 1 heterocycles. The van der Waals surface area contributed by atoms with Gasteiger partial charge in [-0.3, -0.25) is 0 Å². The number of nitrogens with two attached hydrogens (primary N) is 1. The Morgan fingerprint density at radius 2 is 2.18 bits per heavy atom. The van der Waals surface area contributed by atoms with E-state index in [1.807, 2.05) is 0 Å². The minimum absolute atomic E-state index is 0.154. The van der Waals surface area contributed by atoms with Crippen molar-refractivity contribution in [2.75, 3.05) is 30.9 Å². The first-order valence-corrected chi connectivity index (χ1v) is 5.64. The number of nitrogen functional groups attached to an aromatic ring is 1. The van der Waals surface area contributed by atoms with Crippen molar-refractivity contribution < 1.29 is 9.84 Å². The van der Waals surface area contributed by atoms with Crippen molar-refractivity contribution in [3.63, 3.8) is 0 Å². The van der Waals surface area contributed by atoms with Gasteiger partial charge in [-0.15, -0.1) is 0 Å². The molecule has 3 N–H and O–H groups in total. The zero-order valence-corrected chi connectivity index (χ0v) is 10.6. The lowest BCUT2D eigenvalue weighted by atomic mass is 10.3. The molecular formula is C11H20N4O2. The zero-order chi connectivity index (χ0) is 12.8. The number of hydrogen-bond acceptors (Lipinski definition) is 6. The Hall–Kier alpha value is -1.56. The molecule has 0 aliphatic rings. The lowest BCUT2D eigenvalue weighted by Crippen LogP contribution is -2.33. The van der Waals surface area contributed by atoms with Gasteiger partial charge in [0, 0.05) is 25.3 Å². The van der Waals surface area contributed by atoms with Crippen LogP contribution in [-0.2, 0) is 0 Å². The van der Waals surface area contributed by atoms with E-state index in [1.54, 1.807) is 13.2 Å². The van der Waals surface area contributed by atoms with Crippen molar-refractivity contribution in [2.24, 2.45) is 0 Å². The lowest BCUT2D eigenvalue weighted by Gasteiger charge is -2.27. The highest BCUT2D eigenvalue weighted by Gasteiger charge is 2.13. The molecule has 0 radical (unpaired) electrons. The van der Waals surface area contributed by atoms with Gasteiger partial charge < -0.3 is 20.5 Å². The molecule has 0 saturated carbocycles. The molecule has 0 aliphatic carbocycles. The molecule has 0 aliphatic heterocycles. The monoisotopic (exact) mass is 240 g/mol. The van der Waals surface area contributed by atoms with E-state index < -0.39 is 0 Å². The summed E-state index contributed by atoms with van der Waals surface area (Å²) in [7, 11) is 1.54. The van der Waals surface area contributed by atoms with Crippen LogP contribution in [0.5, 0.6) is 5.88 Å². The minimum Gasteiger partial charge on any atom is -0.481 e. The fourth-order valence-electron chi connectivity index (χ4n) is 1.56. The molecule has 6 heteroatoms. The molecule has 0 saturated heterocycles. The number of anilines is 2. The second-order valence-electron chi connectivity index (χ2n) is 3.99. The number of hydrogen-bond donors (Lipinski definition) is 2. The van der Waals surface area contributed by atoms with Crippen molar-refractivity contribution >= 4 is 11.8 Å².